The van der Waals surface area contributed by atoms with Crippen LogP contribution in [0.25, 0.3) is 0 Å². The zero-order valence-electron chi connectivity index (χ0n) is 17.1. The molecule has 6 heteroatoms. The van der Waals surface area contributed by atoms with Gasteiger partial charge in [-0.25, -0.2) is 0 Å². The first kappa shape index (κ1) is 23.8. The Bertz CT molecular complexity index is 665. The van der Waals surface area contributed by atoms with E-state index in [0.29, 0.717) is 10.0 Å². The van der Waals surface area contributed by atoms with Crippen LogP contribution in [-0.4, -0.2) is 23.6 Å². The number of hydrogen-bond donors (Lipinski definition) is 0. The molecular formula is C21H30Cl2O4. The molecule has 1 aromatic rings. The van der Waals surface area contributed by atoms with Gasteiger partial charge in [-0.05, 0) is 51.3 Å². The van der Waals surface area contributed by atoms with Crippen LogP contribution >= 0.6 is 23.2 Å². The monoisotopic (exact) mass is 416 g/mol. The first-order valence-corrected chi connectivity index (χ1v) is 9.94. The molecule has 0 saturated carbocycles. The third-order valence-electron chi connectivity index (χ3n) is 4.14. The molecule has 1 rings (SSSR count). The molecule has 0 aliphatic carbocycles. The number of halogens is 2. The molecular weight excluding hydrogens is 387 g/mol. The van der Waals surface area contributed by atoms with E-state index in [4.69, 9.17) is 32.7 Å². The van der Waals surface area contributed by atoms with E-state index in [1.54, 1.807) is 39.8 Å². The molecule has 0 N–H and O–H groups in total. The van der Waals surface area contributed by atoms with Crippen molar-refractivity contribution in [2.75, 3.05) is 0 Å². The predicted molar refractivity (Wildman–Crippen MR) is 109 cm³/mol. The fourth-order valence-electron chi connectivity index (χ4n) is 3.02. The van der Waals surface area contributed by atoms with Crippen molar-refractivity contribution < 1.29 is 19.1 Å². The summed E-state index contributed by atoms with van der Waals surface area (Å²) in [5.41, 5.74) is 0.304. The van der Waals surface area contributed by atoms with E-state index in [1.807, 2.05) is 26.8 Å². The molecule has 0 aromatic heterocycles. The van der Waals surface area contributed by atoms with Gasteiger partial charge in [0, 0.05) is 16.0 Å². The quantitative estimate of drug-likeness (QED) is 0.508. The summed E-state index contributed by atoms with van der Waals surface area (Å²) in [6.45, 7) is 13.0. The van der Waals surface area contributed by atoms with E-state index in [1.165, 1.54) is 0 Å². The normalized spacial score (nSPS) is 15.2. The highest BCUT2D eigenvalue weighted by atomic mass is 35.5. The van der Waals surface area contributed by atoms with Crippen LogP contribution in [0.5, 0.6) is 0 Å². The van der Waals surface area contributed by atoms with Crippen LogP contribution in [0.3, 0.4) is 0 Å². The SMILES string of the molecule is CC(C)[C@@H](c1ccc(Cl)cc1Cl)[C@H](C)OC(=O)[C@H](C)CC(=O)OC(C)(C)C. The predicted octanol–water partition coefficient (Wildman–Crippen LogP) is 6.03. The van der Waals surface area contributed by atoms with Crippen LogP contribution in [0.2, 0.25) is 10.0 Å². The van der Waals surface area contributed by atoms with Gasteiger partial charge < -0.3 is 9.47 Å². The van der Waals surface area contributed by atoms with Crippen molar-refractivity contribution in [3.63, 3.8) is 0 Å². The molecule has 0 saturated heterocycles. The molecule has 4 nitrogen and oxygen atoms in total. The Balaban J connectivity index is 2.82. The Labute approximate surface area is 172 Å². The van der Waals surface area contributed by atoms with Crippen molar-refractivity contribution in [3.05, 3.63) is 33.8 Å². The Morgan fingerprint density at radius 1 is 1.07 bits per heavy atom. The lowest BCUT2D eigenvalue weighted by molar-refractivity contribution is -0.163. The van der Waals surface area contributed by atoms with Crippen molar-refractivity contribution in [2.45, 2.75) is 72.5 Å². The van der Waals surface area contributed by atoms with Crippen molar-refractivity contribution in [1.82, 2.24) is 0 Å². The molecule has 0 radical (unpaired) electrons. The smallest absolute Gasteiger partial charge is 0.309 e. The standard InChI is InChI=1S/C21H30Cl2O4/c1-12(2)19(16-9-8-15(22)11-17(16)23)14(4)26-20(25)13(3)10-18(24)27-21(5,6)7/h8-9,11-14,19H,10H2,1-7H3/t13-,14+,19-/m1/s1. The molecule has 0 spiro atoms. The molecule has 0 amide bonds. The van der Waals surface area contributed by atoms with Gasteiger partial charge in [-0.1, -0.05) is 50.0 Å². The highest BCUT2D eigenvalue weighted by molar-refractivity contribution is 6.35. The highest BCUT2D eigenvalue weighted by Crippen LogP contribution is 2.36. The fourth-order valence-corrected chi connectivity index (χ4v) is 3.55. The average molecular weight is 417 g/mol. The number of benzene rings is 1. The van der Waals surface area contributed by atoms with Crippen molar-refractivity contribution >= 4 is 35.1 Å². The third-order valence-corrected chi connectivity index (χ3v) is 4.71. The first-order chi connectivity index (χ1) is 12.3. The summed E-state index contributed by atoms with van der Waals surface area (Å²) in [4.78, 5) is 24.4. The van der Waals surface area contributed by atoms with Gasteiger partial charge in [-0.2, -0.15) is 0 Å². The van der Waals surface area contributed by atoms with E-state index in [2.05, 4.69) is 0 Å². The molecule has 0 unspecified atom stereocenters. The molecule has 1 aromatic carbocycles. The highest BCUT2D eigenvalue weighted by Gasteiger charge is 2.30. The third kappa shape index (κ3) is 7.71. The summed E-state index contributed by atoms with van der Waals surface area (Å²) in [6.07, 6.45) is -0.422. The summed E-state index contributed by atoms with van der Waals surface area (Å²) in [7, 11) is 0. The zero-order valence-corrected chi connectivity index (χ0v) is 18.6. The maximum Gasteiger partial charge on any atom is 0.309 e. The first-order valence-electron chi connectivity index (χ1n) is 9.19. The van der Waals surface area contributed by atoms with E-state index in [0.717, 1.165) is 5.56 Å². The number of ether oxygens (including phenoxy) is 2. The van der Waals surface area contributed by atoms with Crippen LogP contribution < -0.4 is 0 Å². The average Bonchev–Trinajstić information content (AvgIpc) is 2.47. The van der Waals surface area contributed by atoms with Gasteiger partial charge in [0.2, 0.25) is 0 Å². The minimum atomic E-state index is -0.587. The molecule has 152 valence electrons. The maximum atomic E-state index is 12.5. The lowest BCUT2D eigenvalue weighted by atomic mass is 9.84. The molecule has 0 bridgehead atoms. The fraction of sp³-hybridized carbons (Fsp3) is 0.619. The number of carbonyl (C=O) groups excluding carboxylic acids is 2. The molecule has 0 aliphatic heterocycles. The maximum absolute atomic E-state index is 12.5. The zero-order chi connectivity index (χ0) is 20.9. The number of hydrogen-bond acceptors (Lipinski definition) is 4. The van der Waals surface area contributed by atoms with Gasteiger partial charge in [-0.3, -0.25) is 9.59 Å². The van der Waals surface area contributed by atoms with Crippen molar-refractivity contribution in [1.29, 1.82) is 0 Å². The van der Waals surface area contributed by atoms with Gasteiger partial charge in [0.1, 0.15) is 11.7 Å². The Hall–Kier alpha value is -1.26. The largest absolute Gasteiger partial charge is 0.462 e. The lowest BCUT2D eigenvalue weighted by Gasteiger charge is -2.29. The summed E-state index contributed by atoms with van der Waals surface area (Å²) in [6, 6.07) is 5.33. The number of rotatable bonds is 7. The van der Waals surface area contributed by atoms with Gasteiger partial charge in [0.25, 0.3) is 0 Å². The Kier molecular flexibility index (Phi) is 8.62. The van der Waals surface area contributed by atoms with Gasteiger partial charge in [0.05, 0.1) is 12.3 Å². The molecule has 27 heavy (non-hydrogen) atoms. The number of carbonyl (C=O) groups is 2. The minimum Gasteiger partial charge on any atom is -0.462 e. The molecule has 0 heterocycles. The Morgan fingerprint density at radius 3 is 2.15 bits per heavy atom. The van der Waals surface area contributed by atoms with E-state index < -0.39 is 29.6 Å². The van der Waals surface area contributed by atoms with Crippen LogP contribution in [0, 0.1) is 11.8 Å². The Morgan fingerprint density at radius 2 is 1.67 bits per heavy atom. The second-order valence-corrected chi connectivity index (χ2v) is 9.11. The lowest BCUT2D eigenvalue weighted by Crippen LogP contribution is -2.31. The van der Waals surface area contributed by atoms with Gasteiger partial charge >= 0.3 is 11.9 Å². The number of esters is 2. The van der Waals surface area contributed by atoms with E-state index >= 15 is 0 Å². The van der Waals surface area contributed by atoms with Gasteiger partial charge in [0.15, 0.2) is 0 Å². The van der Waals surface area contributed by atoms with E-state index in [-0.39, 0.29) is 18.3 Å². The summed E-state index contributed by atoms with van der Waals surface area (Å²) >= 11 is 12.3. The molecule has 0 fully saturated rings. The van der Waals surface area contributed by atoms with Crippen LogP contribution in [0.4, 0.5) is 0 Å². The van der Waals surface area contributed by atoms with E-state index in [9.17, 15) is 9.59 Å². The molecule has 0 aliphatic rings. The van der Waals surface area contributed by atoms with Crippen molar-refractivity contribution in [3.8, 4) is 0 Å². The summed E-state index contributed by atoms with van der Waals surface area (Å²) in [5, 5.41) is 1.10. The van der Waals surface area contributed by atoms with Crippen LogP contribution in [0.1, 0.15) is 66.4 Å². The van der Waals surface area contributed by atoms with Crippen LogP contribution in [0.15, 0.2) is 18.2 Å². The summed E-state index contributed by atoms with van der Waals surface area (Å²) < 4.78 is 10.9. The topological polar surface area (TPSA) is 52.6 Å². The molecule has 3 atom stereocenters. The van der Waals surface area contributed by atoms with Crippen molar-refractivity contribution in [2.24, 2.45) is 11.8 Å². The summed E-state index contributed by atoms with van der Waals surface area (Å²) in [5.74, 6) is -1.33. The second kappa shape index (κ2) is 9.79. The second-order valence-electron chi connectivity index (χ2n) is 8.27. The van der Waals surface area contributed by atoms with Gasteiger partial charge in [-0.15, -0.1) is 0 Å². The van der Waals surface area contributed by atoms with Crippen LogP contribution in [-0.2, 0) is 19.1 Å². The minimum absolute atomic E-state index is 0.0170.